The molecule has 1 aliphatic rings. The number of benzene rings is 2. The number of halogens is 1. The van der Waals surface area contributed by atoms with Gasteiger partial charge in [-0.05, 0) is 51.5 Å². The first kappa shape index (κ1) is 37.0. The number of carbonyl (C=O) groups excluding carboxylic acids is 3. The minimum atomic E-state index is -0.845. The van der Waals surface area contributed by atoms with E-state index in [1.807, 2.05) is 41.8 Å². The molecule has 272 valence electrons. The third-order valence-electron chi connectivity index (χ3n) is 8.49. The topological polar surface area (TPSA) is 137 Å². The first-order chi connectivity index (χ1) is 24.3. The van der Waals surface area contributed by atoms with Crippen molar-refractivity contribution in [1.29, 1.82) is 0 Å². The molecule has 0 spiro atoms. The van der Waals surface area contributed by atoms with Crippen molar-refractivity contribution in [1.82, 2.24) is 24.3 Å². The lowest BCUT2D eigenvalue weighted by Gasteiger charge is -2.27. The monoisotopic (exact) mass is 704 g/mol. The predicted molar refractivity (Wildman–Crippen MR) is 188 cm³/mol. The molecule has 2 amide bonds. The average Bonchev–Trinajstić information content (AvgIpc) is 3.65. The molecule has 13 nitrogen and oxygen atoms in total. The number of likely N-dealkylation sites (tertiary alicyclic amines) is 1. The number of aromatic nitrogens is 3. The van der Waals surface area contributed by atoms with E-state index in [9.17, 15) is 14.4 Å². The van der Waals surface area contributed by atoms with Gasteiger partial charge in [-0.25, -0.2) is 28.7 Å². The molecule has 2 aromatic carbocycles. The van der Waals surface area contributed by atoms with Crippen LogP contribution < -0.4 is 5.32 Å². The quantitative estimate of drug-likeness (QED) is 0.151. The summed E-state index contributed by atoms with van der Waals surface area (Å²) in [6, 6.07) is 16.2. The van der Waals surface area contributed by atoms with Crippen LogP contribution in [0.15, 0.2) is 60.7 Å². The number of methoxy groups -OCH3 is 2. The van der Waals surface area contributed by atoms with Crippen LogP contribution >= 0.6 is 0 Å². The summed E-state index contributed by atoms with van der Waals surface area (Å²) in [6.45, 7) is 8.03. The fourth-order valence-corrected chi connectivity index (χ4v) is 6.08. The SMILES string of the molecule is COC(=O)[C@@H]1C[C@H](Nc2cccc(-c3cc(F)cc4nc(C)n(C[C@H](CN(C)C(=O)OC(C)(C)C)OC)c34)n2)CN1C(=O)OCc1ccccc1. The number of hydrogen-bond acceptors (Lipinski definition) is 10. The molecule has 1 aliphatic heterocycles. The highest BCUT2D eigenvalue weighted by Gasteiger charge is 2.41. The molecular weight excluding hydrogens is 659 g/mol. The molecule has 0 aliphatic carbocycles. The number of imidazole rings is 1. The van der Waals surface area contributed by atoms with Gasteiger partial charge < -0.3 is 33.7 Å². The number of nitrogens with one attached hydrogen (secondary N) is 1. The normalized spacial score (nSPS) is 16.5. The van der Waals surface area contributed by atoms with Crippen LogP contribution in [-0.2, 0) is 36.9 Å². The lowest BCUT2D eigenvalue weighted by molar-refractivity contribution is -0.145. The summed E-state index contributed by atoms with van der Waals surface area (Å²) in [7, 11) is 4.49. The Morgan fingerprint density at radius 1 is 1.06 bits per heavy atom. The molecule has 5 rings (SSSR count). The first-order valence-corrected chi connectivity index (χ1v) is 16.7. The van der Waals surface area contributed by atoms with Gasteiger partial charge in [-0.2, -0.15) is 0 Å². The van der Waals surface area contributed by atoms with E-state index in [0.717, 1.165) is 5.56 Å². The van der Waals surface area contributed by atoms with Crippen LogP contribution in [0, 0.1) is 12.7 Å². The Hall–Kier alpha value is -5.24. The van der Waals surface area contributed by atoms with Gasteiger partial charge in [0.05, 0.1) is 43.0 Å². The van der Waals surface area contributed by atoms with E-state index in [4.69, 9.17) is 23.9 Å². The van der Waals surface area contributed by atoms with Crippen LogP contribution in [0.2, 0.25) is 0 Å². The zero-order valence-electron chi connectivity index (χ0n) is 30.0. The number of ether oxygens (including phenoxy) is 4. The van der Waals surface area contributed by atoms with Crippen LogP contribution in [0.5, 0.6) is 0 Å². The molecule has 0 saturated carbocycles. The maximum absolute atomic E-state index is 15.1. The van der Waals surface area contributed by atoms with E-state index >= 15 is 4.39 Å². The maximum atomic E-state index is 15.1. The van der Waals surface area contributed by atoms with Crippen LogP contribution in [0.3, 0.4) is 0 Å². The van der Waals surface area contributed by atoms with Gasteiger partial charge in [0.1, 0.15) is 35.7 Å². The summed E-state index contributed by atoms with van der Waals surface area (Å²) < 4.78 is 38.8. The molecule has 0 unspecified atom stereocenters. The van der Waals surface area contributed by atoms with Gasteiger partial charge in [-0.15, -0.1) is 0 Å². The van der Waals surface area contributed by atoms with Gasteiger partial charge in [0, 0.05) is 44.8 Å². The highest BCUT2D eigenvalue weighted by Crippen LogP contribution is 2.32. The zero-order valence-corrected chi connectivity index (χ0v) is 30.0. The number of pyridine rings is 1. The third kappa shape index (κ3) is 9.11. The van der Waals surface area contributed by atoms with Gasteiger partial charge in [-0.1, -0.05) is 36.4 Å². The van der Waals surface area contributed by atoms with Crippen molar-refractivity contribution in [3.8, 4) is 11.3 Å². The molecule has 3 atom stereocenters. The van der Waals surface area contributed by atoms with Crippen LogP contribution in [0.4, 0.5) is 19.8 Å². The molecule has 3 heterocycles. The number of aryl methyl sites for hydroxylation is 1. The summed E-state index contributed by atoms with van der Waals surface area (Å²) in [6.07, 6.45) is -1.27. The second kappa shape index (κ2) is 15.8. The van der Waals surface area contributed by atoms with E-state index in [2.05, 4.69) is 10.3 Å². The van der Waals surface area contributed by atoms with Crippen molar-refractivity contribution in [3.05, 3.63) is 77.9 Å². The molecule has 1 N–H and O–H groups in total. The van der Waals surface area contributed by atoms with E-state index in [1.54, 1.807) is 53.1 Å². The van der Waals surface area contributed by atoms with E-state index in [1.165, 1.54) is 29.0 Å². The molecule has 1 fully saturated rings. The fraction of sp³-hybridized carbons (Fsp3) is 0.432. The van der Waals surface area contributed by atoms with Gasteiger partial charge >= 0.3 is 18.2 Å². The van der Waals surface area contributed by atoms with E-state index in [0.29, 0.717) is 40.5 Å². The Morgan fingerprint density at radius 2 is 1.80 bits per heavy atom. The molecular formula is C37H45FN6O7. The van der Waals surface area contributed by atoms with Crippen molar-refractivity contribution in [3.63, 3.8) is 0 Å². The number of anilines is 1. The predicted octanol–water partition coefficient (Wildman–Crippen LogP) is 5.79. The largest absolute Gasteiger partial charge is 0.467 e. The van der Waals surface area contributed by atoms with Gasteiger partial charge in [-0.3, -0.25) is 4.90 Å². The molecule has 2 aromatic heterocycles. The highest BCUT2D eigenvalue weighted by molar-refractivity contribution is 5.92. The van der Waals surface area contributed by atoms with Crippen LogP contribution in [-0.4, -0.2) is 101 Å². The van der Waals surface area contributed by atoms with Crippen molar-refractivity contribution in [2.24, 2.45) is 0 Å². The molecule has 0 bridgehead atoms. The molecule has 14 heteroatoms. The Labute approximate surface area is 296 Å². The van der Waals surface area contributed by atoms with Gasteiger partial charge in [0.2, 0.25) is 0 Å². The molecule has 1 saturated heterocycles. The number of nitrogens with zero attached hydrogens (tertiary/aromatic N) is 5. The lowest BCUT2D eigenvalue weighted by Crippen LogP contribution is -2.41. The molecule has 51 heavy (non-hydrogen) atoms. The second-order valence-corrected chi connectivity index (χ2v) is 13.5. The minimum absolute atomic E-state index is 0.0650. The average molecular weight is 705 g/mol. The summed E-state index contributed by atoms with van der Waals surface area (Å²) >= 11 is 0. The number of amides is 2. The van der Waals surface area contributed by atoms with E-state index in [-0.39, 0.29) is 32.2 Å². The van der Waals surface area contributed by atoms with Crippen LogP contribution in [0.1, 0.15) is 38.6 Å². The standard InChI is InChI=1S/C37H45FN6O7/c1-23-39-30-17-25(38)16-28(33(30)43(23)21-27(48-6)20-42(5)35(46)51-37(2,3)4)29-14-11-15-32(41-29)40-26-18-31(34(45)49-7)44(19-26)36(47)50-22-24-12-9-8-10-13-24/h8-17,26-27,31H,18-22H2,1-7H3,(H,40,41)/t26-,27-,31-/m0/s1. The highest BCUT2D eigenvalue weighted by atomic mass is 19.1. The minimum Gasteiger partial charge on any atom is -0.467 e. The molecule has 4 aromatic rings. The summed E-state index contributed by atoms with van der Waals surface area (Å²) in [5.41, 5.74) is 2.26. The first-order valence-electron chi connectivity index (χ1n) is 16.7. The number of carbonyl (C=O) groups is 3. The number of rotatable bonds is 11. The third-order valence-corrected chi connectivity index (χ3v) is 8.49. The Balaban J connectivity index is 1.36. The Bertz CT molecular complexity index is 1860. The van der Waals surface area contributed by atoms with Crippen molar-refractivity contribution >= 4 is 35.0 Å². The molecule has 0 radical (unpaired) electrons. The lowest BCUT2D eigenvalue weighted by atomic mass is 10.1. The van der Waals surface area contributed by atoms with Crippen molar-refractivity contribution in [2.75, 3.05) is 39.7 Å². The fourth-order valence-electron chi connectivity index (χ4n) is 6.08. The number of likely N-dealkylation sites (N-methyl/N-ethyl adjacent to an activating group) is 1. The number of esters is 1. The maximum Gasteiger partial charge on any atom is 0.410 e. The van der Waals surface area contributed by atoms with Gasteiger partial charge in [0.25, 0.3) is 0 Å². The smallest absolute Gasteiger partial charge is 0.410 e. The summed E-state index contributed by atoms with van der Waals surface area (Å²) in [4.78, 5) is 50.7. The number of fused-ring (bicyclic) bond motifs is 1. The van der Waals surface area contributed by atoms with E-state index < -0.39 is 41.7 Å². The summed E-state index contributed by atoms with van der Waals surface area (Å²) in [5, 5.41) is 3.34. The Morgan fingerprint density at radius 3 is 2.49 bits per heavy atom. The second-order valence-electron chi connectivity index (χ2n) is 13.5. The Kier molecular flexibility index (Phi) is 11.4. The number of hydrogen-bond donors (Lipinski definition) is 1. The zero-order chi connectivity index (χ0) is 36.9. The summed E-state index contributed by atoms with van der Waals surface area (Å²) in [5.74, 6) is 0.0773. The van der Waals surface area contributed by atoms with Gasteiger partial charge in [0.15, 0.2) is 0 Å². The van der Waals surface area contributed by atoms with Crippen molar-refractivity contribution in [2.45, 2.75) is 71.1 Å². The van der Waals surface area contributed by atoms with Crippen molar-refractivity contribution < 1.29 is 37.7 Å². The van der Waals surface area contributed by atoms with Crippen LogP contribution in [0.25, 0.3) is 22.3 Å².